The minimum absolute atomic E-state index is 0.604. The molecule has 0 N–H and O–H groups in total. The maximum atomic E-state index is 9.08. The van der Waals surface area contributed by atoms with Crippen LogP contribution in [-0.4, -0.2) is 19.2 Å². The average molecular weight is 386 g/mol. The number of aryl methyl sites for hydroxylation is 2. The summed E-state index contributed by atoms with van der Waals surface area (Å²) in [5.41, 5.74) is 1.47. The number of hydrogen-bond donors (Lipinski definition) is 0. The van der Waals surface area contributed by atoms with E-state index in [9.17, 15) is 0 Å². The summed E-state index contributed by atoms with van der Waals surface area (Å²) >= 11 is 0. The summed E-state index contributed by atoms with van der Waals surface area (Å²) in [6.45, 7) is 5.71. The van der Waals surface area contributed by atoms with E-state index < -0.39 is 10.1 Å². The van der Waals surface area contributed by atoms with Crippen molar-refractivity contribution in [3.8, 4) is 0 Å². The van der Waals surface area contributed by atoms with Gasteiger partial charge in [-0.05, 0) is 18.4 Å². The van der Waals surface area contributed by atoms with Crippen LogP contribution in [-0.2, 0) is 23.1 Å². The highest BCUT2D eigenvalue weighted by Gasteiger charge is 2.00. The molecule has 0 radical (unpaired) electrons. The lowest BCUT2D eigenvalue weighted by molar-refractivity contribution is -0.697. The molecule has 0 saturated heterocycles. The van der Waals surface area contributed by atoms with Crippen molar-refractivity contribution in [3.63, 3.8) is 0 Å². The van der Waals surface area contributed by atoms with Gasteiger partial charge in [-0.1, -0.05) is 71.6 Å². The summed E-state index contributed by atoms with van der Waals surface area (Å²) in [6.07, 6.45) is 21.7. The Morgan fingerprint density at radius 1 is 0.808 bits per heavy atom. The van der Waals surface area contributed by atoms with Gasteiger partial charge in [0.1, 0.15) is 6.54 Å². The highest BCUT2D eigenvalue weighted by molar-refractivity contribution is 7.84. The van der Waals surface area contributed by atoms with Crippen molar-refractivity contribution in [2.24, 2.45) is 0 Å². The highest BCUT2D eigenvalue weighted by Crippen LogP contribution is 2.10. The molecule has 152 valence electrons. The molecule has 0 atom stereocenters. The van der Waals surface area contributed by atoms with E-state index in [4.69, 9.17) is 13.0 Å². The highest BCUT2D eigenvalue weighted by atomic mass is 32.2. The topological polar surface area (TPSA) is 61.1 Å². The summed E-state index contributed by atoms with van der Waals surface area (Å²) in [5.74, 6) is 0. The first-order valence-electron chi connectivity index (χ1n) is 10.3. The van der Waals surface area contributed by atoms with E-state index in [1.165, 1.54) is 89.2 Å². The van der Waals surface area contributed by atoms with Gasteiger partial charge in [-0.2, -0.15) is 0 Å². The quantitative estimate of drug-likeness (QED) is 0.272. The van der Waals surface area contributed by atoms with Crippen molar-refractivity contribution in [1.82, 2.24) is 0 Å². The molecule has 1 aromatic heterocycles. The molecular formula is C21H39NO3S. The van der Waals surface area contributed by atoms with E-state index in [1.807, 2.05) is 0 Å². The molecule has 0 aliphatic rings. The molecule has 0 unspecified atom stereocenters. The second-order valence-electron chi connectivity index (χ2n) is 7.08. The summed E-state index contributed by atoms with van der Waals surface area (Å²) in [4.78, 5) is 0. The molecule has 1 rings (SSSR count). The summed E-state index contributed by atoms with van der Waals surface area (Å²) in [5, 5.41) is 0. The number of rotatable bonds is 13. The SMILES string of the molecule is CCCCCCCCCCCC[n+]1ccc(CCC)cc1.CS(=O)(=O)[O-]. The van der Waals surface area contributed by atoms with Crippen LogP contribution in [0.2, 0.25) is 0 Å². The Kier molecular flexibility index (Phi) is 15.7. The molecule has 1 aromatic rings. The largest absolute Gasteiger partial charge is 0.748 e. The zero-order chi connectivity index (χ0) is 19.7. The van der Waals surface area contributed by atoms with Gasteiger partial charge in [0.15, 0.2) is 12.4 Å². The number of pyridine rings is 1. The summed E-state index contributed by atoms with van der Waals surface area (Å²) in [6, 6.07) is 4.56. The normalized spacial score (nSPS) is 11.1. The minimum Gasteiger partial charge on any atom is -0.748 e. The Labute approximate surface area is 161 Å². The maximum absolute atomic E-state index is 9.08. The lowest BCUT2D eigenvalue weighted by Gasteiger charge is -2.02. The molecule has 0 saturated carbocycles. The monoisotopic (exact) mass is 385 g/mol. The molecule has 0 bridgehead atoms. The third kappa shape index (κ3) is 19.4. The van der Waals surface area contributed by atoms with Crippen molar-refractivity contribution in [2.45, 2.75) is 97.4 Å². The molecule has 0 amide bonds. The molecule has 4 nitrogen and oxygen atoms in total. The van der Waals surface area contributed by atoms with Crippen molar-refractivity contribution < 1.29 is 17.5 Å². The third-order valence-corrected chi connectivity index (χ3v) is 4.27. The third-order valence-electron chi connectivity index (χ3n) is 4.27. The van der Waals surface area contributed by atoms with Crippen LogP contribution >= 0.6 is 0 Å². The standard InChI is InChI=1S/C20H36N.CH4O3S/c1-3-5-6-7-8-9-10-11-12-13-17-21-18-15-20(14-4-2)16-19-21;1-5(2,3)4/h15-16,18-19H,3-14,17H2,1-2H3;1H3,(H,2,3,4)/q+1;/p-1. The van der Waals surface area contributed by atoms with Gasteiger partial charge >= 0.3 is 0 Å². The number of nitrogens with zero attached hydrogens (tertiary/aromatic N) is 1. The Bertz CT molecular complexity index is 519. The van der Waals surface area contributed by atoms with Crippen LogP contribution < -0.4 is 4.57 Å². The smallest absolute Gasteiger partial charge is 0.169 e. The van der Waals surface area contributed by atoms with Crippen LogP contribution in [0, 0.1) is 0 Å². The lowest BCUT2D eigenvalue weighted by Crippen LogP contribution is -2.32. The average Bonchev–Trinajstić information content (AvgIpc) is 2.57. The van der Waals surface area contributed by atoms with Crippen LogP contribution in [0.5, 0.6) is 0 Å². The van der Waals surface area contributed by atoms with E-state index in [0.29, 0.717) is 6.26 Å². The van der Waals surface area contributed by atoms with Gasteiger partial charge in [0.05, 0.1) is 10.1 Å². The second kappa shape index (κ2) is 16.2. The molecule has 0 spiro atoms. The van der Waals surface area contributed by atoms with Gasteiger partial charge in [-0.15, -0.1) is 0 Å². The fraction of sp³-hybridized carbons (Fsp3) is 0.762. The Morgan fingerprint density at radius 2 is 1.23 bits per heavy atom. The van der Waals surface area contributed by atoms with Gasteiger partial charge in [0, 0.05) is 24.8 Å². The fourth-order valence-corrected chi connectivity index (χ4v) is 2.87. The van der Waals surface area contributed by atoms with Gasteiger partial charge < -0.3 is 4.55 Å². The Hall–Kier alpha value is -0.940. The van der Waals surface area contributed by atoms with Crippen LogP contribution in [0.15, 0.2) is 24.5 Å². The van der Waals surface area contributed by atoms with Gasteiger partial charge in [-0.25, -0.2) is 13.0 Å². The summed E-state index contributed by atoms with van der Waals surface area (Å²) in [7, 11) is -3.92. The number of aromatic nitrogens is 1. The maximum Gasteiger partial charge on any atom is 0.169 e. The molecule has 5 heteroatoms. The summed E-state index contributed by atoms with van der Waals surface area (Å²) < 4.78 is 29.6. The fourth-order valence-electron chi connectivity index (χ4n) is 2.87. The zero-order valence-electron chi connectivity index (χ0n) is 17.1. The predicted octanol–water partition coefficient (Wildman–Crippen LogP) is 5.01. The van der Waals surface area contributed by atoms with Gasteiger partial charge in [0.25, 0.3) is 0 Å². The molecule has 26 heavy (non-hydrogen) atoms. The number of hydrogen-bond acceptors (Lipinski definition) is 3. The van der Waals surface area contributed by atoms with Crippen LogP contribution in [0.3, 0.4) is 0 Å². The van der Waals surface area contributed by atoms with E-state index in [2.05, 4.69) is 42.9 Å². The van der Waals surface area contributed by atoms with Crippen LogP contribution in [0.1, 0.15) is 90.0 Å². The van der Waals surface area contributed by atoms with Crippen molar-refractivity contribution in [3.05, 3.63) is 30.1 Å². The van der Waals surface area contributed by atoms with Crippen molar-refractivity contribution in [1.29, 1.82) is 0 Å². The number of unbranched alkanes of at least 4 members (excludes halogenated alkanes) is 9. The molecule has 0 aliphatic carbocycles. The van der Waals surface area contributed by atoms with Gasteiger partial charge in [0.2, 0.25) is 0 Å². The lowest BCUT2D eigenvalue weighted by atomic mass is 10.1. The predicted molar refractivity (Wildman–Crippen MR) is 108 cm³/mol. The first-order chi connectivity index (χ1) is 12.4. The molecule has 1 heterocycles. The van der Waals surface area contributed by atoms with Crippen LogP contribution in [0.4, 0.5) is 0 Å². The Balaban J connectivity index is 0.00000110. The van der Waals surface area contributed by atoms with Crippen molar-refractivity contribution in [2.75, 3.05) is 6.26 Å². The van der Waals surface area contributed by atoms with Crippen molar-refractivity contribution >= 4 is 10.1 Å². The van der Waals surface area contributed by atoms with E-state index in [1.54, 1.807) is 0 Å². The van der Waals surface area contributed by atoms with E-state index in [0.717, 1.165) is 0 Å². The molecule has 0 fully saturated rings. The zero-order valence-corrected chi connectivity index (χ0v) is 17.9. The molecule has 0 aliphatic heterocycles. The Morgan fingerprint density at radius 3 is 1.65 bits per heavy atom. The minimum atomic E-state index is -3.92. The first-order valence-corrected chi connectivity index (χ1v) is 12.1. The van der Waals surface area contributed by atoms with Crippen LogP contribution in [0.25, 0.3) is 0 Å². The second-order valence-corrected chi connectivity index (χ2v) is 8.49. The van der Waals surface area contributed by atoms with Gasteiger partial charge in [-0.3, -0.25) is 0 Å². The van der Waals surface area contributed by atoms with E-state index in [-0.39, 0.29) is 0 Å². The van der Waals surface area contributed by atoms with E-state index >= 15 is 0 Å². The molecule has 0 aromatic carbocycles. The molecular weight excluding hydrogens is 346 g/mol. The first kappa shape index (κ1) is 25.1.